The molecule has 0 spiro atoms. The van der Waals surface area contributed by atoms with Crippen LogP contribution in [-0.4, -0.2) is 89.6 Å². The lowest BCUT2D eigenvalue weighted by Gasteiger charge is -2.27. The Kier molecular flexibility index (Phi) is 26.6. The van der Waals surface area contributed by atoms with Crippen LogP contribution in [0, 0.1) is 27.6 Å². The number of carbonyl (C=O) groups excluding carboxylic acids is 5. The maximum absolute atomic E-state index is 12.3. The van der Waals surface area contributed by atoms with E-state index in [4.69, 9.17) is 38.3 Å². The van der Waals surface area contributed by atoms with Gasteiger partial charge in [-0.05, 0) is 205 Å². The van der Waals surface area contributed by atoms with Crippen molar-refractivity contribution in [3.63, 3.8) is 0 Å². The number of alkyl halides is 2. The van der Waals surface area contributed by atoms with Crippen LogP contribution in [0.4, 0.5) is 8.78 Å². The minimum absolute atomic E-state index is 0.144. The van der Waals surface area contributed by atoms with Gasteiger partial charge < -0.3 is 42.8 Å². The van der Waals surface area contributed by atoms with E-state index in [0.717, 1.165) is 31.9 Å². The highest BCUT2D eigenvalue weighted by Gasteiger charge is 2.65. The van der Waals surface area contributed by atoms with Crippen molar-refractivity contribution in [3.8, 4) is 28.7 Å². The Morgan fingerprint density at radius 2 is 0.899 bits per heavy atom. The fraction of sp³-hybridized carbons (Fsp3) is 0.493. The molecule has 0 aliphatic carbocycles. The number of phenols is 1. The standard InChI is InChI=1S/C24H25O2S.C16H24O3.C13H18O5.C12H16O3.C4H8F2O3S/c1-4-24(2,3)23(25)26-19-15-17-22(18-16-19)27(20-11-7-5-8-12-20)21-13-9-6-10-14-21;1-7-16(5,6)14(17)18-12-8-10-13(11-9-12)19-15(2,3)4;1-4-13(2,3)12(15)18-9-7-5-6-8(16-7)10(9)17-11(6)14;1-4-12(2,3)11(14)15-10-7-5-9(13)6-8-10;1-2-4(5,6)3-10(7,8)9/h5-18H,4H2,1-3H3;8-11H,7H2,1-6H3;6-10H,4-5H2,1-3H3;5-8,13H,4H2,1-3H3;2-3H2,1H3,(H,7,8,9)/q+1;;;;/p-1. The van der Waals surface area contributed by atoms with Crippen molar-refractivity contribution in [2.45, 2.75) is 200 Å². The molecular formula is C69H90F2O16S2. The number of fused-ring (bicyclic) bond motifs is 1. The Labute approximate surface area is 527 Å². The lowest BCUT2D eigenvalue weighted by atomic mass is 9.87. The lowest BCUT2D eigenvalue weighted by molar-refractivity contribution is -0.169. The number of benzene rings is 5. The smallest absolute Gasteiger partial charge is 0.316 e. The quantitative estimate of drug-likeness (QED) is 0.0351. The summed E-state index contributed by atoms with van der Waals surface area (Å²) in [5, 5.41) is 9.06. The van der Waals surface area contributed by atoms with Gasteiger partial charge in [0.05, 0.1) is 44.6 Å². The summed E-state index contributed by atoms with van der Waals surface area (Å²) in [5.74, 6) is -3.70. The fourth-order valence-corrected chi connectivity index (χ4v) is 10.8. The molecule has 3 fully saturated rings. The normalized spacial score (nSPS) is 17.8. The summed E-state index contributed by atoms with van der Waals surface area (Å²) in [7, 11) is -4.99. The number of hydrogen-bond donors (Lipinski definition) is 1. The topological polar surface area (TPSA) is 227 Å². The van der Waals surface area contributed by atoms with E-state index >= 15 is 0 Å². The number of ether oxygens (including phenoxy) is 7. The lowest BCUT2D eigenvalue weighted by Crippen LogP contribution is -2.42. The molecule has 0 aromatic heterocycles. The first-order valence-electron chi connectivity index (χ1n) is 29.9. The molecule has 3 saturated heterocycles. The molecule has 89 heavy (non-hydrogen) atoms. The molecule has 16 nitrogen and oxygen atoms in total. The van der Waals surface area contributed by atoms with Crippen molar-refractivity contribution in [1.29, 1.82) is 0 Å². The zero-order valence-electron chi connectivity index (χ0n) is 54.2. The van der Waals surface area contributed by atoms with Gasteiger partial charge in [-0.3, -0.25) is 24.0 Å². The van der Waals surface area contributed by atoms with Gasteiger partial charge in [-0.2, -0.15) is 0 Å². The average Bonchev–Trinajstić information content (AvgIpc) is 1.59. The molecule has 1 N–H and O–H groups in total. The zero-order valence-corrected chi connectivity index (χ0v) is 55.8. The minimum Gasteiger partial charge on any atom is -0.748 e. The molecule has 5 unspecified atom stereocenters. The Hall–Kier alpha value is -6.87. The second-order valence-corrected chi connectivity index (χ2v) is 28.8. The molecular weight excluding hydrogens is 1190 g/mol. The first-order chi connectivity index (χ1) is 41.3. The second-order valence-electron chi connectivity index (χ2n) is 25.4. The van der Waals surface area contributed by atoms with E-state index in [2.05, 4.69) is 60.7 Å². The maximum Gasteiger partial charge on any atom is 0.316 e. The molecule has 2 bridgehead atoms. The second kappa shape index (κ2) is 31.7. The predicted molar refractivity (Wildman–Crippen MR) is 336 cm³/mol. The van der Waals surface area contributed by atoms with Crippen LogP contribution in [0.15, 0.2) is 148 Å². The van der Waals surface area contributed by atoms with Gasteiger partial charge in [0.2, 0.25) is 0 Å². The maximum atomic E-state index is 12.3. The molecule has 5 aromatic carbocycles. The molecule has 0 radical (unpaired) electrons. The third-order valence-electron chi connectivity index (χ3n) is 15.4. The van der Waals surface area contributed by atoms with E-state index in [-0.39, 0.29) is 70.2 Å². The monoisotopic (exact) mass is 1280 g/mol. The van der Waals surface area contributed by atoms with Crippen molar-refractivity contribution in [1.82, 2.24) is 0 Å². The highest BCUT2D eigenvalue weighted by atomic mass is 32.2. The first-order valence-corrected chi connectivity index (χ1v) is 32.7. The van der Waals surface area contributed by atoms with Crippen molar-refractivity contribution >= 4 is 50.9 Å². The summed E-state index contributed by atoms with van der Waals surface area (Å²) in [5.41, 5.74) is -2.15. The third-order valence-corrected chi connectivity index (χ3v) is 18.4. The number of esters is 5. The molecule has 5 aromatic rings. The van der Waals surface area contributed by atoms with Crippen LogP contribution in [-0.2, 0) is 59.2 Å². The predicted octanol–water partition coefficient (Wildman–Crippen LogP) is 14.7. The summed E-state index contributed by atoms with van der Waals surface area (Å²) in [6.07, 6.45) is 1.72. The van der Waals surface area contributed by atoms with Crippen LogP contribution in [0.5, 0.6) is 28.7 Å². The molecule has 3 aliphatic heterocycles. The Morgan fingerprint density at radius 3 is 1.26 bits per heavy atom. The van der Waals surface area contributed by atoms with Gasteiger partial charge >= 0.3 is 29.8 Å². The summed E-state index contributed by atoms with van der Waals surface area (Å²) >= 11 is 0. The summed E-state index contributed by atoms with van der Waals surface area (Å²) in [4.78, 5) is 63.2. The molecule has 3 aliphatic rings. The van der Waals surface area contributed by atoms with Crippen LogP contribution >= 0.6 is 0 Å². The largest absolute Gasteiger partial charge is 0.748 e. The van der Waals surface area contributed by atoms with E-state index < -0.39 is 62.1 Å². The van der Waals surface area contributed by atoms with Gasteiger partial charge in [0.1, 0.15) is 56.3 Å². The van der Waals surface area contributed by atoms with Crippen LogP contribution in [0.2, 0.25) is 0 Å². The van der Waals surface area contributed by atoms with Crippen molar-refractivity contribution in [3.05, 3.63) is 133 Å². The molecule has 0 saturated carbocycles. The van der Waals surface area contributed by atoms with Gasteiger partial charge in [0.25, 0.3) is 5.92 Å². The number of rotatable bonds is 19. The summed E-state index contributed by atoms with van der Waals surface area (Å²) in [6, 6.07) is 42.2. The first kappa shape index (κ1) is 74.6. The number of carbonyl (C=O) groups is 5. The summed E-state index contributed by atoms with van der Waals surface area (Å²) < 4.78 is 91.7. The highest BCUT2D eigenvalue weighted by Crippen LogP contribution is 2.48. The Morgan fingerprint density at radius 1 is 0.539 bits per heavy atom. The van der Waals surface area contributed by atoms with Crippen molar-refractivity contribution in [2.75, 3.05) is 5.75 Å². The summed E-state index contributed by atoms with van der Waals surface area (Å²) in [6.45, 7) is 29.9. The van der Waals surface area contributed by atoms with E-state index in [0.29, 0.717) is 30.1 Å². The van der Waals surface area contributed by atoms with Gasteiger partial charge in [-0.25, -0.2) is 17.2 Å². The molecule has 3 heterocycles. The van der Waals surface area contributed by atoms with E-state index in [1.807, 2.05) is 140 Å². The Bertz CT molecular complexity index is 3160. The van der Waals surface area contributed by atoms with E-state index in [9.17, 15) is 45.7 Å². The Balaban J connectivity index is 0.000000246. The molecule has 5 atom stereocenters. The van der Waals surface area contributed by atoms with Gasteiger partial charge in [-0.15, -0.1) is 0 Å². The van der Waals surface area contributed by atoms with Crippen LogP contribution in [0.3, 0.4) is 0 Å². The average molecular weight is 1280 g/mol. The van der Waals surface area contributed by atoms with Gasteiger partial charge in [0.15, 0.2) is 26.9 Å². The van der Waals surface area contributed by atoms with Gasteiger partial charge in [-0.1, -0.05) is 71.0 Å². The molecule has 488 valence electrons. The van der Waals surface area contributed by atoms with E-state index in [1.165, 1.54) is 26.8 Å². The van der Waals surface area contributed by atoms with Crippen LogP contribution in [0.1, 0.15) is 149 Å². The molecule has 20 heteroatoms. The number of phenolic OH excluding ortho intramolecular Hbond substituents is 1. The zero-order chi connectivity index (χ0) is 66.9. The van der Waals surface area contributed by atoms with Gasteiger partial charge in [0, 0.05) is 6.42 Å². The number of halogens is 2. The van der Waals surface area contributed by atoms with E-state index in [1.54, 1.807) is 24.3 Å². The minimum atomic E-state index is -4.79. The number of hydrogen-bond acceptors (Lipinski definition) is 16. The van der Waals surface area contributed by atoms with Crippen LogP contribution < -0.4 is 18.9 Å². The fourth-order valence-electron chi connectivity index (χ4n) is 7.95. The number of aromatic hydroxyl groups is 1. The van der Waals surface area contributed by atoms with Crippen LogP contribution in [0.25, 0.3) is 0 Å². The molecule has 8 rings (SSSR count). The third kappa shape index (κ3) is 22.8. The molecule has 0 amide bonds. The SMILES string of the molecule is CCC(C)(C)C(=O)OC1C2CC3C(=O)OC1C3O2.CCC(C)(C)C(=O)Oc1ccc(O)cc1.CCC(C)(C)C(=O)Oc1ccc(OC(C)(C)C)cc1.CCC(C)(C)C(=O)Oc1ccc([S+](c2ccccc2)c2ccccc2)cc1.CCC(F)(F)CS(=O)(=O)[O-]. The van der Waals surface area contributed by atoms with Crippen molar-refractivity contribution < 1.29 is 84.0 Å². The highest BCUT2D eigenvalue weighted by molar-refractivity contribution is 7.97. The van der Waals surface area contributed by atoms with Crippen molar-refractivity contribution in [2.24, 2.45) is 27.6 Å².